The monoisotopic (exact) mass is 530 g/mol. The Labute approximate surface area is 203 Å². The Hall–Kier alpha value is -2.89. The fraction of sp³-hybridized carbons (Fsp3) is 0.136. The van der Waals surface area contributed by atoms with Crippen molar-refractivity contribution >= 4 is 50.7 Å². The molecule has 0 atom stereocenters. The molecule has 3 rings (SSSR count). The van der Waals surface area contributed by atoms with Crippen molar-refractivity contribution in [2.45, 2.75) is 16.0 Å². The van der Waals surface area contributed by atoms with Gasteiger partial charge in [0.1, 0.15) is 5.75 Å². The van der Waals surface area contributed by atoms with Crippen LogP contribution in [0.3, 0.4) is 0 Å². The third-order valence-corrected chi connectivity index (χ3v) is 7.14. The van der Waals surface area contributed by atoms with Crippen molar-refractivity contribution in [2.24, 2.45) is 0 Å². The average Bonchev–Trinajstić information content (AvgIpc) is 2.79. The lowest BCUT2D eigenvalue weighted by Gasteiger charge is -2.13. The SMILES string of the molecule is COc1ccc(SCC(=O)Nc2ccc(S(=O)(=O)Nc3ccc(Cl)c(C(F)(F)F)c3)cc2)cc1. The van der Waals surface area contributed by atoms with Crippen molar-refractivity contribution < 1.29 is 31.1 Å². The first-order chi connectivity index (χ1) is 16.0. The van der Waals surface area contributed by atoms with Gasteiger partial charge in [-0.25, -0.2) is 8.42 Å². The maximum absolute atomic E-state index is 13.0. The van der Waals surface area contributed by atoms with Gasteiger partial charge in [0.05, 0.1) is 28.3 Å². The summed E-state index contributed by atoms with van der Waals surface area (Å²) in [6.45, 7) is 0. The molecule has 0 saturated carbocycles. The van der Waals surface area contributed by atoms with Crippen LogP contribution < -0.4 is 14.8 Å². The summed E-state index contributed by atoms with van der Waals surface area (Å²) in [5.41, 5.74) is -1.07. The minimum atomic E-state index is -4.73. The average molecular weight is 531 g/mol. The highest BCUT2D eigenvalue weighted by molar-refractivity contribution is 8.00. The number of methoxy groups -OCH3 is 1. The van der Waals surface area contributed by atoms with Gasteiger partial charge in [0.15, 0.2) is 0 Å². The van der Waals surface area contributed by atoms with Gasteiger partial charge >= 0.3 is 6.18 Å². The van der Waals surface area contributed by atoms with E-state index in [4.69, 9.17) is 16.3 Å². The van der Waals surface area contributed by atoms with Crippen molar-refractivity contribution in [1.82, 2.24) is 0 Å². The maximum atomic E-state index is 13.0. The van der Waals surface area contributed by atoms with E-state index in [1.807, 2.05) is 12.1 Å². The first kappa shape index (κ1) is 25.7. The Morgan fingerprint density at radius 1 is 1.00 bits per heavy atom. The van der Waals surface area contributed by atoms with E-state index in [2.05, 4.69) is 10.0 Å². The Balaban J connectivity index is 1.62. The molecule has 0 spiro atoms. The molecule has 0 saturated heterocycles. The van der Waals surface area contributed by atoms with Crippen molar-refractivity contribution in [3.8, 4) is 5.75 Å². The number of amides is 1. The molecule has 0 bridgehead atoms. The van der Waals surface area contributed by atoms with Gasteiger partial charge in [-0.15, -0.1) is 11.8 Å². The van der Waals surface area contributed by atoms with Gasteiger partial charge in [-0.3, -0.25) is 9.52 Å². The van der Waals surface area contributed by atoms with Crippen LogP contribution in [0.2, 0.25) is 5.02 Å². The topological polar surface area (TPSA) is 84.5 Å². The van der Waals surface area contributed by atoms with Crippen LogP contribution in [0.4, 0.5) is 24.5 Å². The van der Waals surface area contributed by atoms with Crippen molar-refractivity contribution in [3.63, 3.8) is 0 Å². The molecule has 180 valence electrons. The number of hydrogen-bond acceptors (Lipinski definition) is 5. The van der Waals surface area contributed by atoms with Crippen LogP contribution in [0.5, 0.6) is 5.75 Å². The number of alkyl halides is 3. The number of halogens is 4. The minimum absolute atomic E-state index is 0.131. The minimum Gasteiger partial charge on any atom is -0.497 e. The molecule has 6 nitrogen and oxygen atoms in total. The number of thioether (sulfide) groups is 1. The third-order valence-electron chi connectivity index (χ3n) is 4.40. The molecular formula is C22H18ClF3N2O4S2. The predicted octanol–water partition coefficient (Wildman–Crippen LogP) is 5.90. The molecule has 0 radical (unpaired) electrons. The summed E-state index contributed by atoms with van der Waals surface area (Å²) in [7, 11) is -2.61. The van der Waals surface area contributed by atoms with E-state index >= 15 is 0 Å². The highest BCUT2D eigenvalue weighted by atomic mass is 35.5. The summed E-state index contributed by atoms with van der Waals surface area (Å²) in [5, 5.41) is 2.11. The summed E-state index contributed by atoms with van der Waals surface area (Å²) >= 11 is 6.88. The zero-order valence-electron chi connectivity index (χ0n) is 17.5. The summed E-state index contributed by atoms with van der Waals surface area (Å²) < 4.78 is 71.3. The van der Waals surface area contributed by atoms with Crippen LogP contribution in [-0.2, 0) is 21.0 Å². The molecule has 0 unspecified atom stereocenters. The zero-order valence-corrected chi connectivity index (χ0v) is 19.9. The Morgan fingerprint density at radius 3 is 2.21 bits per heavy atom. The molecule has 0 heterocycles. The van der Waals surface area contributed by atoms with Gasteiger partial charge in [-0.05, 0) is 66.7 Å². The normalized spacial score (nSPS) is 11.7. The molecule has 3 aromatic carbocycles. The van der Waals surface area contributed by atoms with E-state index < -0.39 is 26.8 Å². The molecule has 0 fully saturated rings. The van der Waals surface area contributed by atoms with E-state index in [0.29, 0.717) is 17.5 Å². The first-order valence-electron chi connectivity index (χ1n) is 9.54. The van der Waals surface area contributed by atoms with Gasteiger partial charge in [0, 0.05) is 16.3 Å². The van der Waals surface area contributed by atoms with Crippen LogP contribution >= 0.6 is 23.4 Å². The van der Waals surface area contributed by atoms with Gasteiger partial charge in [-0.2, -0.15) is 13.2 Å². The van der Waals surface area contributed by atoms with Crippen LogP contribution in [0.1, 0.15) is 5.56 Å². The Kier molecular flexibility index (Phi) is 8.01. The summed E-state index contributed by atoms with van der Waals surface area (Å²) in [4.78, 5) is 12.9. The van der Waals surface area contributed by atoms with Crippen LogP contribution in [-0.4, -0.2) is 27.2 Å². The summed E-state index contributed by atoms with van der Waals surface area (Å²) in [5.74, 6) is 0.539. The lowest BCUT2D eigenvalue weighted by molar-refractivity contribution is -0.137. The highest BCUT2D eigenvalue weighted by Gasteiger charge is 2.33. The van der Waals surface area contributed by atoms with Gasteiger partial charge in [-0.1, -0.05) is 11.6 Å². The fourth-order valence-electron chi connectivity index (χ4n) is 2.76. The van der Waals surface area contributed by atoms with Gasteiger partial charge in [0.25, 0.3) is 10.0 Å². The number of benzene rings is 3. The Bertz CT molecular complexity index is 1270. The zero-order chi connectivity index (χ0) is 24.9. The fourth-order valence-corrected chi connectivity index (χ4v) is 4.73. The molecule has 1 amide bonds. The number of anilines is 2. The van der Waals surface area contributed by atoms with Crippen LogP contribution in [0.25, 0.3) is 0 Å². The maximum Gasteiger partial charge on any atom is 0.417 e. The molecule has 0 aliphatic heterocycles. The van der Waals surface area contributed by atoms with Crippen molar-refractivity contribution in [3.05, 3.63) is 77.3 Å². The molecule has 0 aliphatic carbocycles. The number of hydrogen-bond donors (Lipinski definition) is 2. The molecular weight excluding hydrogens is 513 g/mol. The number of carbonyl (C=O) groups is 1. The smallest absolute Gasteiger partial charge is 0.417 e. The number of rotatable bonds is 8. The lowest BCUT2D eigenvalue weighted by atomic mass is 10.2. The second-order valence-corrected chi connectivity index (χ2v) is 9.97. The standard InChI is InChI=1S/C22H18ClF3N2O4S2/c1-32-16-5-7-17(8-6-16)33-13-21(29)27-14-2-9-18(10-3-14)34(30,31)28-15-4-11-20(23)19(12-15)22(24,25)26/h2-12,28H,13H2,1H3,(H,27,29). The number of nitrogens with one attached hydrogen (secondary N) is 2. The van der Waals surface area contributed by atoms with Gasteiger partial charge in [0.2, 0.25) is 5.91 Å². The highest BCUT2D eigenvalue weighted by Crippen LogP contribution is 2.36. The molecule has 34 heavy (non-hydrogen) atoms. The van der Waals surface area contributed by atoms with E-state index in [0.717, 1.165) is 17.0 Å². The Morgan fingerprint density at radius 2 is 1.62 bits per heavy atom. The van der Waals surface area contributed by atoms with Crippen molar-refractivity contribution in [2.75, 3.05) is 22.9 Å². The van der Waals surface area contributed by atoms with E-state index in [9.17, 15) is 26.4 Å². The van der Waals surface area contributed by atoms with Crippen LogP contribution in [0.15, 0.2) is 76.5 Å². The molecule has 2 N–H and O–H groups in total. The molecule has 12 heteroatoms. The lowest BCUT2D eigenvalue weighted by Crippen LogP contribution is -2.15. The number of ether oxygens (including phenoxy) is 1. The van der Waals surface area contributed by atoms with Crippen molar-refractivity contribution in [1.29, 1.82) is 0 Å². The van der Waals surface area contributed by atoms with E-state index in [1.165, 1.54) is 36.0 Å². The first-order valence-corrected chi connectivity index (χ1v) is 12.4. The second kappa shape index (κ2) is 10.6. The number of sulfonamides is 1. The van der Waals surface area contributed by atoms with Crippen LogP contribution in [0, 0.1) is 0 Å². The third kappa shape index (κ3) is 6.81. The van der Waals surface area contributed by atoms with Gasteiger partial charge < -0.3 is 10.1 Å². The predicted molar refractivity (Wildman–Crippen MR) is 126 cm³/mol. The second-order valence-electron chi connectivity index (χ2n) is 6.83. The number of carbonyl (C=O) groups excluding carboxylic acids is 1. The quantitative estimate of drug-likeness (QED) is 0.354. The largest absolute Gasteiger partial charge is 0.497 e. The molecule has 3 aromatic rings. The summed E-state index contributed by atoms with van der Waals surface area (Å²) in [6.07, 6.45) is -4.73. The molecule has 0 aromatic heterocycles. The molecule has 0 aliphatic rings. The summed E-state index contributed by atoms with van der Waals surface area (Å²) in [6, 6.07) is 15.1. The van der Waals surface area contributed by atoms with E-state index in [1.54, 1.807) is 19.2 Å². The van der Waals surface area contributed by atoms with E-state index in [-0.39, 0.29) is 22.2 Å².